The predicted octanol–water partition coefficient (Wildman–Crippen LogP) is 2.70. The number of carboxylic acid groups (broad SMARTS) is 2. The molecule has 2 heterocycles. The van der Waals surface area contributed by atoms with Crippen LogP contribution in [0.2, 0.25) is 0 Å². The molecule has 1 amide bonds. The molecule has 1 atom stereocenters. The summed E-state index contributed by atoms with van der Waals surface area (Å²) in [6.07, 6.45) is 3.39. The topological polar surface area (TPSA) is 126 Å². The SMILES string of the molecule is O=C(O)C=CC(=O)Nc1ccc2c(C(C(=O)O)N3CCN(c4ccccc4)CC3)c[nH]c2c1. The lowest BCUT2D eigenvalue weighted by Crippen LogP contribution is -2.49. The third-order valence-corrected chi connectivity index (χ3v) is 5.69. The maximum Gasteiger partial charge on any atom is 0.328 e. The van der Waals surface area contributed by atoms with Gasteiger partial charge in [-0.1, -0.05) is 24.3 Å². The summed E-state index contributed by atoms with van der Waals surface area (Å²) in [5.74, 6) is -2.69. The van der Waals surface area contributed by atoms with E-state index >= 15 is 0 Å². The number of nitrogens with zero attached hydrogens (tertiary/aromatic N) is 2. The molecule has 1 aliphatic heterocycles. The molecule has 2 aromatic carbocycles. The van der Waals surface area contributed by atoms with E-state index in [1.807, 2.05) is 23.1 Å². The predicted molar refractivity (Wildman–Crippen MR) is 124 cm³/mol. The zero-order valence-corrected chi connectivity index (χ0v) is 17.8. The van der Waals surface area contributed by atoms with Crippen LogP contribution in [0.25, 0.3) is 10.9 Å². The van der Waals surface area contributed by atoms with Gasteiger partial charge in [0.15, 0.2) is 0 Å². The lowest BCUT2D eigenvalue weighted by atomic mass is 10.0. The maximum atomic E-state index is 12.2. The first-order chi connectivity index (χ1) is 15.9. The van der Waals surface area contributed by atoms with Gasteiger partial charge < -0.3 is 25.4 Å². The second-order valence-electron chi connectivity index (χ2n) is 7.76. The summed E-state index contributed by atoms with van der Waals surface area (Å²) in [5.41, 5.74) is 2.94. The van der Waals surface area contributed by atoms with Gasteiger partial charge in [-0.3, -0.25) is 14.5 Å². The second-order valence-corrected chi connectivity index (χ2v) is 7.76. The Bertz CT molecular complexity index is 1200. The quantitative estimate of drug-likeness (QED) is 0.410. The van der Waals surface area contributed by atoms with Crippen LogP contribution in [-0.4, -0.2) is 64.1 Å². The molecular formula is C24H24N4O5. The first-order valence-electron chi connectivity index (χ1n) is 10.5. The van der Waals surface area contributed by atoms with Crippen molar-refractivity contribution >= 4 is 40.1 Å². The molecule has 1 saturated heterocycles. The largest absolute Gasteiger partial charge is 0.480 e. The Morgan fingerprint density at radius 3 is 2.36 bits per heavy atom. The van der Waals surface area contributed by atoms with Gasteiger partial charge in [-0.15, -0.1) is 0 Å². The highest BCUT2D eigenvalue weighted by Gasteiger charge is 2.32. The molecule has 0 aliphatic carbocycles. The van der Waals surface area contributed by atoms with Gasteiger partial charge in [-0.25, -0.2) is 4.79 Å². The molecular weight excluding hydrogens is 424 g/mol. The third-order valence-electron chi connectivity index (χ3n) is 5.69. The number of H-pyrrole nitrogens is 1. The van der Waals surface area contributed by atoms with Crippen LogP contribution in [-0.2, 0) is 14.4 Å². The number of amides is 1. The minimum atomic E-state index is -1.21. The number of nitrogens with one attached hydrogen (secondary N) is 2. The Balaban J connectivity index is 1.51. The number of carbonyl (C=O) groups excluding carboxylic acids is 1. The Morgan fingerprint density at radius 2 is 1.70 bits per heavy atom. The number of carbonyl (C=O) groups is 3. The van der Waals surface area contributed by atoms with Crippen LogP contribution in [0.15, 0.2) is 66.9 Å². The normalized spacial score (nSPS) is 15.6. The van der Waals surface area contributed by atoms with Crippen LogP contribution in [0.1, 0.15) is 11.6 Å². The van der Waals surface area contributed by atoms with E-state index in [1.165, 1.54) is 0 Å². The minimum Gasteiger partial charge on any atom is -0.480 e. The van der Waals surface area contributed by atoms with Gasteiger partial charge in [0.05, 0.1) is 0 Å². The average molecular weight is 448 g/mol. The van der Waals surface area contributed by atoms with Gasteiger partial charge >= 0.3 is 11.9 Å². The summed E-state index contributed by atoms with van der Waals surface area (Å²) >= 11 is 0. The molecule has 4 rings (SSSR count). The molecule has 0 radical (unpaired) electrons. The van der Waals surface area contributed by atoms with E-state index in [0.717, 1.165) is 36.3 Å². The summed E-state index contributed by atoms with van der Waals surface area (Å²) in [7, 11) is 0. The Hall–Kier alpha value is -4.11. The molecule has 1 aliphatic rings. The summed E-state index contributed by atoms with van der Waals surface area (Å²) in [6.45, 7) is 2.69. The number of para-hydroxylation sites is 1. The van der Waals surface area contributed by atoms with E-state index in [-0.39, 0.29) is 0 Å². The number of anilines is 2. The van der Waals surface area contributed by atoms with Crippen LogP contribution in [0.5, 0.6) is 0 Å². The second kappa shape index (κ2) is 9.58. The van der Waals surface area contributed by atoms with E-state index in [2.05, 4.69) is 27.3 Å². The molecule has 4 N–H and O–H groups in total. The van der Waals surface area contributed by atoms with Crippen molar-refractivity contribution in [3.8, 4) is 0 Å². The molecule has 9 nitrogen and oxygen atoms in total. The highest BCUT2D eigenvalue weighted by atomic mass is 16.4. The highest BCUT2D eigenvalue weighted by Crippen LogP contribution is 2.31. The van der Waals surface area contributed by atoms with E-state index in [4.69, 9.17) is 5.11 Å². The summed E-state index contributed by atoms with van der Waals surface area (Å²) in [6, 6.07) is 14.4. The van der Waals surface area contributed by atoms with Gasteiger partial charge in [0.2, 0.25) is 5.91 Å². The van der Waals surface area contributed by atoms with Crippen LogP contribution in [0.4, 0.5) is 11.4 Å². The standard InChI is InChI=1S/C24H24N4O5/c29-21(8-9-22(30)31)26-16-6-7-18-19(15-25-20(18)14-16)23(24(32)33)28-12-10-27(11-13-28)17-4-2-1-3-5-17/h1-9,14-15,23,25H,10-13H2,(H,26,29)(H,30,31)(H,32,33). The number of hydrogen-bond acceptors (Lipinski definition) is 5. The molecule has 0 saturated carbocycles. The van der Waals surface area contributed by atoms with E-state index < -0.39 is 23.9 Å². The molecule has 0 bridgehead atoms. The number of aromatic amines is 1. The van der Waals surface area contributed by atoms with Crippen molar-refractivity contribution in [3.05, 3.63) is 72.4 Å². The van der Waals surface area contributed by atoms with Crippen molar-refractivity contribution in [1.29, 1.82) is 0 Å². The van der Waals surface area contributed by atoms with Gasteiger partial charge in [0.1, 0.15) is 6.04 Å². The summed E-state index contributed by atoms with van der Waals surface area (Å²) in [5, 5.41) is 22.0. The fourth-order valence-corrected chi connectivity index (χ4v) is 4.15. The number of aromatic nitrogens is 1. The molecule has 1 fully saturated rings. The Labute approximate surface area is 189 Å². The monoisotopic (exact) mass is 448 g/mol. The Morgan fingerprint density at radius 1 is 0.970 bits per heavy atom. The first kappa shape index (κ1) is 22.1. The average Bonchev–Trinajstić information content (AvgIpc) is 3.21. The molecule has 1 aromatic heterocycles. The molecule has 1 unspecified atom stereocenters. The van der Waals surface area contributed by atoms with Gasteiger partial charge in [-0.2, -0.15) is 0 Å². The smallest absolute Gasteiger partial charge is 0.328 e. The number of benzene rings is 2. The zero-order valence-electron chi connectivity index (χ0n) is 17.8. The number of carboxylic acids is 2. The lowest BCUT2D eigenvalue weighted by Gasteiger charge is -2.38. The number of aliphatic carboxylic acids is 2. The van der Waals surface area contributed by atoms with Gasteiger partial charge in [0.25, 0.3) is 0 Å². The third kappa shape index (κ3) is 5.04. The molecule has 9 heteroatoms. The fraction of sp³-hybridized carbons (Fsp3) is 0.208. The maximum absolute atomic E-state index is 12.2. The van der Waals surface area contributed by atoms with Crippen molar-refractivity contribution in [2.24, 2.45) is 0 Å². The van der Waals surface area contributed by atoms with E-state index in [0.29, 0.717) is 29.9 Å². The summed E-state index contributed by atoms with van der Waals surface area (Å²) in [4.78, 5) is 41.9. The minimum absolute atomic E-state index is 0.472. The van der Waals surface area contributed by atoms with Crippen LogP contribution in [0.3, 0.4) is 0 Å². The zero-order chi connectivity index (χ0) is 23.4. The number of hydrogen-bond donors (Lipinski definition) is 4. The van der Waals surface area contributed by atoms with E-state index in [1.54, 1.807) is 24.4 Å². The Kier molecular flexibility index (Phi) is 6.41. The molecule has 33 heavy (non-hydrogen) atoms. The van der Waals surface area contributed by atoms with Gasteiger partial charge in [0, 0.05) is 72.4 Å². The number of rotatable bonds is 7. The van der Waals surface area contributed by atoms with Crippen molar-refractivity contribution in [2.45, 2.75) is 6.04 Å². The highest BCUT2D eigenvalue weighted by molar-refractivity contribution is 6.03. The van der Waals surface area contributed by atoms with E-state index in [9.17, 15) is 19.5 Å². The van der Waals surface area contributed by atoms with Crippen LogP contribution >= 0.6 is 0 Å². The molecule has 170 valence electrons. The van der Waals surface area contributed by atoms with Crippen molar-refractivity contribution in [3.63, 3.8) is 0 Å². The van der Waals surface area contributed by atoms with Crippen molar-refractivity contribution < 1.29 is 24.6 Å². The molecule has 0 spiro atoms. The number of fused-ring (bicyclic) bond motifs is 1. The fourth-order valence-electron chi connectivity index (χ4n) is 4.15. The van der Waals surface area contributed by atoms with Crippen LogP contribution < -0.4 is 10.2 Å². The first-order valence-corrected chi connectivity index (χ1v) is 10.5. The molecule has 3 aromatic rings. The van der Waals surface area contributed by atoms with Crippen molar-refractivity contribution in [1.82, 2.24) is 9.88 Å². The summed E-state index contributed by atoms with van der Waals surface area (Å²) < 4.78 is 0. The lowest BCUT2D eigenvalue weighted by molar-refractivity contribution is -0.143. The van der Waals surface area contributed by atoms with Crippen LogP contribution in [0, 0.1) is 0 Å². The van der Waals surface area contributed by atoms with Gasteiger partial charge in [-0.05, 0) is 24.3 Å². The van der Waals surface area contributed by atoms with Crippen molar-refractivity contribution in [2.75, 3.05) is 36.4 Å². The number of piperazine rings is 1.